The van der Waals surface area contributed by atoms with E-state index in [1.807, 2.05) is 0 Å². The molecule has 0 aromatic rings. The minimum atomic E-state index is -3.46. The summed E-state index contributed by atoms with van der Waals surface area (Å²) < 4.78 is 27.0. The van der Waals surface area contributed by atoms with Gasteiger partial charge in [-0.25, -0.2) is 8.42 Å². The van der Waals surface area contributed by atoms with Crippen LogP contribution in [0.5, 0.6) is 0 Å². The fourth-order valence-corrected chi connectivity index (χ4v) is 3.19. The Morgan fingerprint density at radius 1 is 1.48 bits per heavy atom. The normalized spacial score (nSPS) is 19.9. The molecular weight excluding hydrogens is 290 g/mol. The van der Waals surface area contributed by atoms with Crippen LogP contribution in [-0.2, 0) is 14.8 Å². The van der Waals surface area contributed by atoms with Gasteiger partial charge in [0.15, 0.2) is 5.84 Å². The van der Waals surface area contributed by atoms with Crippen molar-refractivity contribution in [2.75, 3.05) is 18.8 Å². The zero-order valence-corrected chi connectivity index (χ0v) is 13.2. The second-order valence-corrected chi connectivity index (χ2v) is 7.36. The summed E-state index contributed by atoms with van der Waals surface area (Å²) in [4.78, 5) is 13.9. The molecule has 0 aliphatic carbocycles. The van der Waals surface area contributed by atoms with E-state index in [2.05, 4.69) is 23.6 Å². The van der Waals surface area contributed by atoms with Gasteiger partial charge in [0.25, 0.3) is 15.9 Å². The average Bonchev–Trinajstić information content (AvgIpc) is 2.41. The van der Waals surface area contributed by atoms with Crippen molar-refractivity contribution < 1.29 is 13.2 Å². The van der Waals surface area contributed by atoms with Crippen molar-refractivity contribution in [2.45, 2.75) is 26.7 Å². The number of carbonyl (C=O) groups is 1. The Bertz CT molecular complexity index is 603. The predicted octanol–water partition coefficient (Wildman–Crippen LogP) is 1.04. The number of carbonyl (C=O) groups excluding carboxylic acids is 1. The number of nitrogens with zero attached hydrogens (tertiary/aromatic N) is 2. The number of sulfonamides is 1. The third-order valence-corrected chi connectivity index (χ3v) is 4.50. The fraction of sp³-hybridized carbons (Fsp3) is 0.571. The van der Waals surface area contributed by atoms with Crippen LogP contribution in [0.3, 0.4) is 0 Å². The molecule has 2 aliphatic rings. The number of fused-ring (bicyclic) bond motifs is 1. The summed E-state index contributed by atoms with van der Waals surface area (Å²) in [6, 6.07) is 0. The summed E-state index contributed by atoms with van der Waals surface area (Å²) in [5, 5.41) is 2.82. The SMILES string of the molecule is CC(C)CCCNC(=O)C1=CC=CN2CCS(=O)(=O)N=C12. The average molecular weight is 311 g/mol. The molecule has 0 fully saturated rings. The number of hydrogen-bond donors (Lipinski definition) is 1. The van der Waals surface area contributed by atoms with Crippen molar-refractivity contribution in [3.63, 3.8) is 0 Å². The van der Waals surface area contributed by atoms with Crippen LogP contribution in [0.4, 0.5) is 0 Å². The predicted molar refractivity (Wildman–Crippen MR) is 82.2 cm³/mol. The minimum absolute atomic E-state index is 0.0237. The molecule has 0 aromatic carbocycles. The molecule has 1 amide bonds. The van der Waals surface area contributed by atoms with Crippen LogP contribution in [-0.4, -0.2) is 43.9 Å². The Kier molecular flexibility index (Phi) is 4.82. The van der Waals surface area contributed by atoms with Crippen molar-refractivity contribution in [1.82, 2.24) is 10.2 Å². The summed E-state index contributed by atoms with van der Waals surface area (Å²) in [5.41, 5.74) is 0.310. The highest BCUT2D eigenvalue weighted by atomic mass is 32.2. The molecule has 2 heterocycles. The second kappa shape index (κ2) is 6.43. The van der Waals surface area contributed by atoms with Crippen LogP contribution in [0.2, 0.25) is 0 Å². The minimum Gasteiger partial charge on any atom is -0.352 e. The lowest BCUT2D eigenvalue weighted by Gasteiger charge is -2.28. The maximum atomic E-state index is 12.2. The summed E-state index contributed by atoms with van der Waals surface area (Å²) in [6.07, 6.45) is 7.03. The largest absolute Gasteiger partial charge is 0.352 e. The van der Waals surface area contributed by atoms with E-state index in [4.69, 9.17) is 0 Å². The molecule has 0 saturated heterocycles. The van der Waals surface area contributed by atoms with Gasteiger partial charge in [-0.1, -0.05) is 13.8 Å². The molecule has 6 nitrogen and oxygen atoms in total. The lowest BCUT2D eigenvalue weighted by atomic mass is 10.1. The van der Waals surface area contributed by atoms with Gasteiger partial charge in [0.1, 0.15) is 0 Å². The van der Waals surface area contributed by atoms with Crippen LogP contribution in [0.15, 0.2) is 28.3 Å². The van der Waals surface area contributed by atoms with Gasteiger partial charge in [0.05, 0.1) is 11.3 Å². The molecule has 0 spiro atoms. The highest BCUT2D eigenvalue weighted by Crippen LogP contribution is 2.17. The van der Waals surface area contributed by atoms with Crippen molar-refractivity contribution >= 4 is 21.8 Å². The molecule has 0 saturated carbocycles. The van der Waals surface area contributed by atoms with Gasteiger partial charge in [-0.2, -0.15) is 0 Å². The van der Waals surface area contributed by atoms with Crippen molar-refractivity contribution in [1.29, 1.82) is 0 Å². The first-order valence-electron chi connectivity index (χ1n) is 7.15. The van der Waals surface area contributed by atoms with Gasteiger partial charge in [-0.3, -0.25) is 4.79 Å². The van der Waals surface area contributed by atoms with Crippen LogP contribution < -0.4 is 5.32 Å². The molecule has 1 N–H and O–H groups in total. The maximum Gasteiger partial charge on any atom is 0.256 e. The molecule has 2 aliphatic heterocycles. The Hall–Kier alpha value is -1.63. The van der Waals surface area contributed by atoms with Gasteiger partial charge in [0.2, 0.25) is 0 Å². The zero-order chi connectivity index (χ0) is 15.5. The molecule has 0 bridgehead atoms. The van der Waals surface area contributed by atoms with E-state index in [0.29, 0.717) is 24.6 Å². The summed E-state index contributed by atoms with van der Waals surface area (Å²) in [6.45, 7) is 5.18. The van der Waals surface area contributed by atoms with E-state index in [0.717, 1.165) is 12.8 Å². The third-order valence-electron chi connectivity index (χ3n) is 3.35. The standard InChI is InChI=1S/C14H21N3O3S/c1-11(2)5-3-7-15-14(18)12-6-4-8-17-9-10-21(19,20)16-13(12)17/h4,6,8,11H,3,5,7,9-10H2,1-2H3,(H,15,18). The van der Waals surface area contributed by atoms with E-state index in [1.54, 1.807) is 23.3 Å². The topological polar surface area (TPSA) is 78.8 Å². The fourth-order valence-electron chi connectivity index (χ4n) is 2.20. The summed E-state index contributed by atoms with van der Waals surface area (Å²) in [7, 11) is -3.46. The molecule has 0 atom stereocenters. The van der Waals surface area contributed by atoms with Crippen molar-refractivity contribution in [2.24, 2.45) is 10.3 Å². The Morgan fingerprint density at radius 2 is 2.24 bits per heavy atom. The van der Waals surface area contributed by atoms with E-state index >= 15 is 0 Å². The summed E-state index contributed by atoms with van der Waals surface area (Å²) >= 11 is 0. The number of nitrogens with one attached hydrogen (secondary N) is 1. The molecule has 21 heavy (non-hydrogen) atoms. The molecule has 7 heteroatoms. The molecule has 0 radical (unpaired) electrons. The number of amidine groups is 1. The highest BCUT2D eigenvalue weighted by Gasteiger charge is 2.29. The van der Waals surface area contributed by atoms with Crippen molar-refractivity contribution in [3.8, 4) is 0 Å². The third kappa shape index (κ3) is 4.17. The zero-order valence-electron chi connectivity index (χ0n) is 12.4. The highest BCUT2D eigenvalue weighted by molar-refractivity contribution is 7.90. The summed E-state index contributed by atoms with van der Waals surface area (Å²) in [5.74, 6) is 0.528. The monoisotopic (exact) mass is 311 g/mol. The number of hydrogen-bond acceptors (Lipinski definition) is 4. The van der Waals surface area contributed by atoms with Crippen LogP contribution in [0.1, 0.15) is 26.7 Å². The van der Waals surface area contributed by atoms with E-state index in [1.165, 1.54) is 0 Å². The first-order chi connectivity index (χ1) is 9.89. The molecule has 2 rings (SSSR count). The first kappa shape index (κ1) is 15.8. The number of amides is 1. The van der Waals surface area contributed by atoms with Crippen LogP contribution in [0.25, 0.3) is 0 Å². The maximum absolute atomic E-state index is 12.2. The number of rotatable bonds is 5. The Morgan fingerprint density at radius 3 is 2.95 bits per heavy atom. The van der Waals surface area contributed by atoms with E-state index in [-0.39, 0.29) is 17.5 Å². The Labute approximate surface area is 125 Å². The first-order valence-corrected chi connectivity index (χ1v) is 8.76. The lowest BCUT2D eigenvalue weighted by Crippen LogP contribution is -2.42. The van der Waals surface area contributed by atoms with Gasteiger partial charge in [-0.05, 0) is 30.9 Å². The number of allylic oxidation sites excluding steroid dienone is 2. The Balaban J connectivity index is 2.04. The van der Waals surface area contributed by atoms with Crippen LogP contribution >= 0.6 is 0 Å². The van der Waals surface area contributed by atoms with Gasteiger partial charge >= 0.3 is 0 Å². The quantitative estimate of drug-likeness (QED) is 0.769. The lowest BCUT2D eigenvalue weighted by molar-refractivity contribution is -0.117. The van der Waals surface area contributed by atoms with Gasteiger partial charge in [0, 0.05) is 19.3 Å². The van der Waals surface area contributed by atoms with Gasteiger partial charge in [-0.15, -0.1) is 4.40 Å². The van der Waals surface area contributed by atoms with E-state index in [9.17, 15) is 13.2 Å². The smallest absolute Gasteiger partial charge is 0.256 e. The second-order valence-electron chi connectivity index (χ2n) is 5.61. The molecule has 0 aromatic heterocycles. The molecule has 116 valence electrons. The molecular formula is C14H21N3O3S. The molecule has 0 unspecified atom stereocenters. The van der Waals surface area contributed by atoms with Crippen molar-refractivity contribution in [3.05, 3.63) is 23.9 Å². The van der Waals surface area contributed by atoms with Crippen LogP contribution in [0, 0.1) is 5.92 Å². The van der Waals surface area contributed by atoms with Gasteiger partial charge < -0.3 is 10.2 Å². The van der Waals surface area contributed by atoms with E-state index < -0.39 is 10.0 Å².